The average molecular weight is 314 g/mol. The Morgan fingerprint density at radius 1 is 1.50 bits per heavy atom. The summed E-state index contributed by atoms with van der Waals surface area (Å²) in [5.74, 6) is 0.131. The molecule has 0 radical (unpaired) electrons. The summed E-state index contributed by atoms with van der Waals surface area (Å²) in [5, 5.41) is 5.02. The molecule has 4 nitrogen and oxygen atoms in total. The van der Waals surface area contributed by atoms with Crippen molar-refractivity contribution in [1.29, 1.82) is 0 Å². The van der Waals surface area contributed by atoms with E-state index in [4.69, 9.17) is 0 Å². The minimum atomic E-state index is 0.131. The monoisotopic (exact) mass is 313 g/mol. The van der Waals surface area contributed by atoms with E-state index in [1.54, 1.807) is 10.9 Å². The highest BCUT2D eigenvalue weighted by atomic mass is 79.9. The van der Waals surface area contributed by atoms with Gasteiger partial charge in [0.25, 0.3) is 5.91 Å². The molecule has 1 unspecified atom stereocenters. The third-order valence-corrected chi connectivity index (χ3v) is 4.53. The lowest BCUT2D eigenvalue weighted by atomic mass is 10.1. The second-order valence-corrected chi connectivity index (χ2v) is 5.57. The zero-order valence-corrected chi connectivity index (χ0v) is 12.6. The summed E-state index contributed by atoms with van der Waals surface area (Å²) < 4.78 is 1.76. The van der Waals surface area contributed by atoms with Crippen molar-refractivity contribution in [2.24, 2.45) is 7.05 Å². The van der Waals surface area contributed by atoms with Crippen molar-refractivity contribution in [1.82, 2.24) is 14.7 Å². The maximum Gasteiger partial charge on any atom is 0.257 e. The number of hydrogen-bond acceptors (Lipinski definition) is 2. The zero-order chi connectivity index (χ0) is 13.1. The lowest BCUT2D eigenvalue weighted by molar-refractivity contribution is 0.0701. The van der Waals surface area contributed by atoms with E-state index < -0.39 is 0 Å². The molecular formula is C13H20BrN3O. The highest BCUT2D eigenvalue weighted by molar-refractivity contribution is 9.09. The molecule has 1 aliphatic rings. The van der Waals surface area contributed by atoms with E-state index in [0.717, 1.165) is 36.0 Å². The molecule has 0 N–H and O–H groups in total. The number of aromatic nitrogens is 2. The first-order valence-electron chi connectivity index (χ1n) is 6.50. The molecule has 1 aromatic heterocycles. The number of aryl methyl sites for hydroxylation is 1. The maximum atomic E-state index is 12.6. The quantitative estimate of drug-likeness (QED) is 0.787. The van der Waals surface area contributed by atoms with Crippen LogP contribution in [0.3, 0.4) is 0 Å². The maximum absolute atomic E-state index is 12.6. The number of halogens is 1. The molecule has 1 aromatic rings. The number of hydrogen-bond donors (Lipinski definition) is 0. The Labute approximate surface area is 116 Å². The Hall–Kier alpha value is -0.840. The Morgan fingerprint density at radius 3 is 2.89 bits per heavy atom. The van der Waals surface area contributed by atoms with Crippen molar-refractivity contribution in [3.63, 3.8) is 0 Å². The summed E-state index contributed by atoms with van der Waals surface area (Å²) in [6, 6.07) is 0.319. The number of carbonyl (C=O) groups excluding carboxylic acids is 1. The zero-order valence-electron chi connectivity index (χ0n) is 11.0. The van der Waals surface area contributed by atoms with Crippen LogP contribution in [0.4, 0.5) is 0 Å². The third kappa shape index (κ3) is 2.60. The fourth-order valence-corrected chi connectivity index (χ4v) is 3.14. The van der Waals surface area contributed by atoms with Crippen LogP contribution >= 0.6 is 15.9 Å². The minimum Gasteiger partial charge on any atom is -0.335 e. The van der Waals surface area contributed by atoms with E-state index in [0.29, 0.717) is 6.04 Å². The van der Waals surface area contributed by atoms with E-state index in [1.165, 1.54) is 12.8 Å². The van der Waals surface area contributed by atoms with Gasteiger partial charge in [0, 0.05) is 30.7 Å². The first-order chi connectivity index (χ1) is 8.65. The van der Waals surface area contributed by atoms with Gasteiger partial charge >= 0.3 is 0 Å². The van der Waals surface area contributed by atoms with Crippen molar-refractivity contribution in [3.05, 3.63) is 17.5 Å². The van der Waals surface area contributed by atoms with Crippen LogP contribution in [-0.4, -0.2) is 38.5 Å². The third-order valence-electron chi connectivity index (χ3n) is 3.78. The predicted octanol–water partition coefficient (Wildman–Crippen LogP) is 2.51. The largest absolute Gasteiger partial charge is 0.335 e. The summed E-state index contributed by atoms with van der Waals surface area (Å²) in [6.07, 6.45) is 6.32. The first kappa shape index (κ1) is 13.6. The number of nitrogens with zero attached hydrogens (tertiary/aromatic N) is 3. The van der Waals surface area contributed by atoms with Gasteiger partial charge in [-0.3, -0.25) is 9.48 Å². The molecular weight excluding hydrogens is 294 g/mol. The number of alkyl halides is 1. The van der Waals surface area contributed by atoms with Crippen LogP contribution in [0.25, 0.3) is 0 Å². The van der Waals surface area contributed by atoms with Crippen LogP contribution in [0.5, 0.6) is 0 Å². The van der Waals surface area contributed by atoms with Crippen molar-refractivity contribution in [2.45, 2.75) is 38.6 Å². The summed E-state index contributed by atoms with van der Waals surface area (Å²) in [5.41, 5.74) is 1.68. The Kier molecular flexibility index (Phi) is 4.43. The summed E-state index contributed by atoms with van der Waals surface area (Å²) in [4.78, 5) is 14.6. The second kappa shape index (κ2) is 5.87. The van der Waals surface area contributed by atoms with Crippen LogP contribution in [0.1, 0.15) is 41.7 Å². The minimum absolute atomic E-state index is 0.131. The van der Waals surface area contributed by atoms with Crippen LogP contribution in [-0.2, 0) is 7.05 Å². The Balaban J connectivity index is 2.22. The Bertz CT molecular complexity index is 430. The van der Waals surface area contributed by atoms with Crippen LogP contribution in [0, 0.1) is 6.92 Å². The highest BCUT2D eigenvalue weighted by Gasteiger charge is 2.27. The number of likely N-dealkylation sites (tertiary alicyclic amines) is 1. The molecule has 1 fully saturated rings. The van der Waals surface area contributed by atoms with Crippen LogP contribution in [0.2, 0.25) is 0 Å². The molecule has 1 atom stereocenters. The van der Waals surface area contributed by atoms with E-state index >= 15 is 0 Å². The lowest BCUT2D eigenvalue weighted by Crippen LogP contribution is -2.41. The molecule has 0 spiro atoms. The van der Waals surface area contributed by atoms with Crippen molar-refractivity contribution in [3.8, 4) is 0 Å². The van der Waals surface area contributed by atoms with E-state index in [1.807, 2.05) is 18.9 Å². The van der Waals surface area contributed by atoms with Gasteiger partial charge in [0.05, 0.1) is 11.8 Å². The molecule has 1 amide bonds. The van der Waals surface area contributed by atoms with Crippen LogP contribution < -0.4 is 0 Å². The number of amides is 1. The topological polar surface area (TPSA) is 38.1 Å². The lowest BCUT2D eigenvalue weighted by Gasteiger charge is -2.28. The smallest absolute Gasteiger partial charge is 0.257 e. The second-order valence-electron chi connectivity index (χ2n) is 4.92. The highest BCUT2D eigenvalue weighted by Crippen LogP contribution is 2.21. The predicted molar refractivity (Wildman–Crippen MR) is 75.0 cm³/mol. The first-order valence-corrected chi connectivity index (χ1v) is 7.63. The molecule has 0 aliphatic carbocycles. The normalized spacial score (nSPS) is 20.8. The van der Waals surface area contributed by atoms with Crippen molar-refractivity contribution in [2.75, 3.05) is 11.9 Å². The van der Waals surface area contributed by atoms with Crippen molar-refractivity contribution >= 4 is 21.8 Å². The molecule has 2 rings (SSSR count). The molecule has 1 aliphatic heterocycles. The van der Waals surface area contributed by atoms with Gasteiger partial charge in [-0.1, -0.05) is 28.8 Å². The standard InChI is InChI=1S/C13H20BrN3O/c1-10-12(9-15-16(10)2)13(18)17-7-5-3-4-6-11(17)8-14/h9,11H,3-8H2,1-2H3. The van der Waals surface area contributed by atoms with Gasteiger partial charge < -0.3 is 4.90 Å². The van der Waals surface area contributed by atoms with Gasteiger partial charge in [-0.05, 0) is 19.8 Å². The molecule has 100 valence electrons. The number of carbonyl (C=O) groups is 1. The SMILES string of the molecule is Cc1c(C(=O)N2CCCCCC2CBr)cnn1C. The molecule has 5 heteroatoms. The molecule has 18 heavy (non-hydrogen) atoms. The van der Waals surface area contributed by atoms with Gasteiger partial charge in [0.1, 0.15) is 0 Å². The Morgan fingerprint density at radius 2 is 2.28 bits per heavy atom. The fourth-order valence-electron chi connectivity index (χ4n) is 2.47. The fraction of sp³-hybridized carbons (Fsp3) is 0.692. The number of rotatable bonds is 2. The molecule has 1 saturated heterocycles. The molecule has 0 bridgehead atoms. The molecule has 0 aromatic carbocycles. The van der Waals surface area contributed by atoms with Gasteiger partial charge in [-0.15, -0.1) is 0 Å². The molecule has 0 saturated carbocycles. The average Bonchev–Trinajstić information content (AvgIpc) is 2.59. The van der Waals surface area contributed by atoms with E-state index in [9.17, 15) is 4.79 Å². The van der Waals surface area contributed by atoms with E-state index in [-0.39, 0.29) is 5.91 Å². The van der Waals surface area contributed by atoms with Crippen molar-refractivity contribution < 1.29 is 4.79 Å². The van der Waals surface area contributed by atoms with Crippen LogP contribution in [0.15, 0.2) is 6.20 Å². The van der Waals surface area contributed by atoms with E-state index in [2.05, 4.69) is 21.0 Å². The van der Waals surface area contributed by atoms with Gasteiger partial charge in [-0.25, -0.2) is 0 Å². The molecule has 2 heterocycles. The van der Waals surface area contributed by atoms with Gasteiger partial charge in [-0.2, -0.15) is 5.10 Å². The summed E-state index contributed by atoms with van der Waals surface area (Å²) >= 11 is 3.54. The summed E-state index contributed by atoms with van der Waals surface area (Å²) in [6.45, 7) is 2.81. The summed E-state index contributed by atoms with van der Waals surface area (Å²) in [7, 11) is 1.87. The van der Waals surface area contributed by atoms with Gasteiger partial charge in [0.15, 0.2) is 0 Å². The van der Waals surface area contributed by atoms with Gasteiger partial charge in [0.2, 0.25) is 0 Å².